The van der Waals surface area contributed by atoms with E-state index in [9.17, 15) is 0 Å². The summed E-state index contributed by atoms with van der Waals surface area (Å²) in [6, 6.07) is 16.6. The fourth-order valence-corrected chi connectivity index (χ4v) is 4.15. The van der Waals surface area contributed by atoms with Crippen molar-refractivity contribution in [2.45, 2.75) is 19.4 Å². The minimum Gasteiger partial charge on any atom is -0.373 e. The van der Waals surface area contributed by atoms with Crippen LogP contribution in [0, 0.1) is 5.92 Å². The predicted molar refractivity (Wildman–Crippen MR) is 117 cm³/mol. The minimum atomic E-state index is 0.156. The van der Waals surface area contributed by atoms with E-state index in [1.165, 1.54) is 5.56 Å². The lowest BCUT2D eigenvalue weighted by molar-refractivity contribution is 0.0925. The highest BCUT2D eigenvalue weighted by Gasteiger charge is 2.30. The third-order valence-electron chi connectivity index (χ3n) is 5.71. The number of hydrogen-bond donors (Lipinski definition) is 1. The summed E-state index contributed by atoms with van der Waals surface area (Å²) >= 11 is 0. The van der Waals surface area contributed by atoms with Crippen molar-refractivity contribution < 1.29 is 4.74 Å². The zero-order chi connectivity index (χ0) is 19.9. The number of benzene rings is 1. The van der Waals surface area contributed by atoms with Crippen LogP contribution < -0.4 is 10.2 Å². The van der Waals surface area contributed by atoms with Crippen LogP contribution in [0.1, 0.15) is 25.0 Å². The Hall–Kier alpha value is -2.60. The highest BCUT2D eigenvalue weighted by Crippen LogP contribution is 2.34. The summed E-state index contributed by atoms with van der Waals surface area (Å²) in [5.41, 5.74) is 1.26. The molecule has 2 aliphatic rings. The standard InChI is InChI=1S/C23H31N5O/c1-2-24-23(28-15-13-27(14-16-28)21-10-6-7-12-25-21)26-18-20-11-17-29-22(20)19-8-4-3-5-9-19/h3-10,12,20,22H,2,11,13-18H2,1H3,(H,24,26). The first kappa shape index (κ1) is 19.7. The van der Waals surface area contributed by atoms with Crippen molar-refractivity contribution in [1.29, 1.82) is 0 Å². The van der Waals surface area contributed by atoms with E-state index in [4.69, 9.17) is 9.73 Å². The fourth-order valence-electron chi connectivity index (χ4n) is 4.15. The number of ether oxygens (including phenoxy) is 1. The summed E-state index contributed by atoms with van der Waals surface area (Å²) in [5, 5.41) is 3.49. The van der Waals surface area contributed by atoms with Gasteiger partial charge in [0, 0.05) is 58.0 Å². The molecule has 2 fully saturated rings. The van der Waals surface area contributed by atoms with E-state index in [1.807, 2.05) is 18.3 Å². The van der Waals surface area contributed by atoms with E-state index < -0.39 is 0 Å². The molecule has 0 bridgehead atoms. The lowest BCUT2D eigenvalue weighted by Gasteiger charge is -2.37. The molecule has 2 atom stereocenters. The van der Waals surface area contributed by atoms with Crippen LogP contribution in [0.5, 0.6) is 0 Å². The van der Waals surface area contributed by atoms with Crippen LogP contribution in [0.25, 0.3) is 0 Å². The lowest BCUT2D eigenvalue weighted by atomic mass is 9.95. The van der Waals surface area contributed by atoms with Gasteiger partial charge in [0.25, 0.3) is 0 Å². The fraction of sp³-hybridized carbons (Fsp3) is 0.478. The number of hydrogen-bond acceptors (Lipinski definition) is 4. The number of anilines is 1. The van der Waals surface area contributed by atoms with Crippen LogP contribution in [0.4, 0.5) is 5.82 Å². The van der Waals surface area contributed by atoms with Crippen molar-refractivity contribution in [2.75, 3.05) is 50.8 Å². The maximum atomic E-state index is 6.04. The van der Waals surface area contributed by atoms with Crippen LogP contribution in [0.15, 0.2) is 59.7 Å². The van der Waals surface area contributed by atoms with Crippen molar-refractivity contribution >= 4 is 11.8 Å². The average Bonchev–Trinajstić information content (AvgIpc) is 3.27. The molecule has 2 unspecified atom stereocenters. The number of piperazine rings is 1. The second-order valence-electron chi connectivity index (χ2n) is 7.61. The zero-order valence-corrected chi connectivity index (χ0v) is 17.2. The molecule has 0 amide bonds. The van der Waals surface area contributed by atoms with Gasteiger partial charge in [0.15, 0.2) is 5.96 Å². The number of aromatic nitrogens is 1. The molecule has 154 valence electrons. The molecule has 6 nitrogen and oxygen atoms in total. The Balaban J connectivity index is 1.38. The molecule has 0 aliphatic carbocycles. The third kappa shape index (κ3) is 4.88. The largest absolute Gasteiger partial charge is 0.373 e. The SMILES string of the molecule is CCNC(=NCC1CCOC1c1ccccc1)N1CCN(c2ccccn2)CC1. The normalized spacial score (nSPS) is 22.7. The van der Waals surface area contributed by atoms with Gasteiger partial charge in [0.2, 0.25) is 0 Å². The maximum absolute atomic E-state index is 6.04. The smallest absolute Gasteiger partial charge is 0.194 e. The molecule has 2 aliphatic heterocycles. The van der Waals surface area contributed by atoms with Crippen LogP contribution >= 0.6 is 0 Å². The van der Waals surface area contributed by atoms with Crippen LogP contribution in [0.2, 0.25) is 0 Å². The van der Waals surface area contributed by atoms with Crippen molar-refractivity contribution in [3.05, 3.63) is 60.3 Å². The molecule has 2 saturated heterocycles. The first-order chi connectivity index (χ1) is 14.3. The van der Waals surface area contributed by atoms with Gasteiger partial charge in [-0.05, 0) is 31.0 Å². The van der Waals surface area contributed by atoms with Crippen LogP contribution in [0.3, 0.4) is 0 Å². The van der Waals surface area contributed by atoms with Gasteiger partial charge in [0.05, 0.1) is 6.10 Å². The summed E-state index contributed by atoms with van der Waals surface area (Å²) in [4.78, 5) is 14.2. The Bertz CT molecular complexity index is 774. The van der Waals surface area contributed by atoms with Gasteiger partial charge in [-0.2, -0.15) is 0 Å². The molecular weight excluding hydrogens is 362 g/mol. The van der Waals surface area contributed by atoms with Gasteiger partial charge in [-0.1, -0.05) is 36.4 Å². The Kier molecular flexibility index (Phi) is 6.62. The molecule has 4 rings (SSSR count). The first-order valence-electron chi connectivity index (χ1n) is 10.7. The van der Waals surface area contributed by atoms with Gasteiger partial charge in [-0.15, -0.1) is 0 Å². The van der Waals surface area contributed by atoms with E-state index in [0.717, 1.165) is 64.1 Å². The van der Waals surface area contributed by atoms with Gasteiger partial charge in [-0.25, -0.2) is 4.98 Å². The maximum Gasteiger partial charge on any atom is 0.194 e. The topological polar surface area (TPSA) is 53.0 Å². The molecule has 0 radical (unpaired) electrons. The molecule has 2 aromatic rings. The summed E-state index contributed by atoms with van der Waals surface area (Å²) < 4.78 is 6.04. The number of guanidine groups is 1. The number of nitrogens with zero attached hydrogens (tertiary/aromatic N) is 4. The van der Waals surface area contributed by atoms with E-state index in [2.05, 4.69) is 63.4 Å². The quantitative estimate of drug-likeness (QED) is 0.625. The van der Waals surface area contributed by atoms with Crippen molar-refractivity contribution in [3.63, 3.8) is 0 Å². The molecule has 0 spiro atoms. The average molecular weight is 394 g/mol. The van der Waals surface area contributed by atoms with Crippen LogP contribution in [-0.4, -0.2) is 61.7 Å². The van der Waals surface area contributed by atoms with Gasteiger partial charge in [0.1, 0.15) is 5.82 Å². The van der Waals surface area contributed by atoms with Gasteiger partial charge in [-0.3, -0.25) is 4.99 Å². The van der Waals surface area contributed by atoms with E-state index in [0.29, 0.717) is 5.92 Å². The summed E-state index contributed by atoms with van der Waals surface area (Å²) in [7, 11) is 0. The van der Waals surface area contributed by atoms with Crippen LogP contribution in [-0.2, 0) is 4.74 Å². The summed E-state index contributed by atoms with van der Waals surface area (Å²) in [5.74, 6) is 2.51. The van der Waals surface area contributed by atoms with E-state index in [-0.39, 0.29) is 6.10 Å². The lowest BCUT2D eigenvalue weighted by Crippen LogP contribution is -2.52. The van der Waals surface area contributed by atoms with E-state index in [1.54, 1.807) is 0 Å². The summed E-state index contributed by atoms with van der Waals surface area (Å²) in [6.45, 7) is 8.44. The second kappa shape index (κ2) is 9.74. The summed E-state index contributed by atoms with van der Waals surface area (Å²) in [6.07, 6.45) is 3.08. The molecule has 1 aromatic heterocycles. The first-order valence-corrected chi connectivity index (χ1v) is 10.7. The Morgan fingerprint density at radius 1 is 1.10 bits per heavy atom. The van der Waals surface area contributed by atoms with Crippen molar-refractivity contribution in [2.24, 2.45) is 10.9 Å². The van der Waals surface area contributed by atoms with Crippen molar-refractivity contribution in [1.82, 2.24) is 15.2 Å². The second-order valence-corrected chi connectivity index (χ2v) is 7.61. The van der Waals surface area contributed by atoms with Gasteiger partial charge >= 0.3 is 0 Å². The predicted octanol–water partition coefficient (Wildman–Crippen LogP) is 2.95. The Morgan fingerprint density at radius 3 is 2.62 bits per heavy atom. The van der Waals surface area contributed by atoms with Gasteiger partial charge < -0.3 is 19.9 Å². The molecule has 3 heterocycles. The molecule has 1 N–H and O–H groups in total. The number of pyridine rings is 1. The zero-order valence-electron chi connectivity index (χ0n) is 17.2. The van der Waals surface area contributed by atoms with E-state index >= 15 is 0 Å². The third-order valence-corrected chi connectivity index (χ3v) is 5.71. The molecule has 0 saturated carbocycles. The Labute approximate surface area is 173 Å². The number of rotatable bonds is 5. The monoisotopic (exact) mass is 393 g/mol. The minimum absolute atomic E-state index is 0.156. The number of nitrogens with one attached hydrogen (secondary N) is 1. The Morgan fingerprint density at radius 2 is 1.90 bits per heavy atom. The van der Waals surface area contributed by atoms with Crippen molar-refractivity contribution in [3.8, 4) is 0 Å². The molecular formula is C23H31N5O. The molecule has 1 aromatic carbocycles. The molecule has 29 heavy (non-hydrogen) atoms. The molecule has 6 heteroatoms. The highest BCUT2D eigenvalue weighted by atomic mass is 16.5. The number of aliphatic imine (C=N–C) groups is 1. The highest BCUT2D eigenvalue weighted by molar-refractivity contribution is 5.80.